The van der Waals surface area contributed by atoms with Gasteiger partial charge in [0.15, 0.2) is 5.56 Å². The molecule has 0 fully saturated rings. The van der Waals surface area contributed by atoms with Crippen LogP contribution in [-0.2, 0) is 6.61 Å². The lowest BCUT2D eigenvalue weighted by Crippen LogP contribution is -2.34. The second-order valence-corrected chi connectivity index (χ2v) is 7.54. The van der Waals surface area contributed by atoms with Gasteiger partial charge in [0.1, 0.15) is 23.2 Å². The van der Waals surface area contributed by atoms with Crippen LogP contribution in [0.25, 0.3) is 0 Å². The number of urea groups is 1. The fraction of sp³-hybridized carbons (Fsp3) is 0.450. The number of anilines is 1. The van der Waals surface area contributed by atoms with Gasteiger partial charge < -0.3 is 30.1 Å². The lowest BCUT2D eigenvalue weighted by atomic mass is 10.2. The molecule has 182 valence electrons. The molecular weight excluding hydrogens is 459 g/mol. The molecule has 0 aliphatic carbocycles. The number of benzene rings is 1. The zero-order chi connectivity index (χ0) is 24.2. The van der Waals surface area contributed by atoms with Crippen molar-refractivity contribution in [3.05, 3.63) is 35.1 Å². The van der Waals surface area contributed by atoms with Crippen LogP contribution in [-0.4, -0.2) is 83.1 Å². The molecule has 33 heavy (non-hydrogen) atoms. The summed E-state index contributed by atoms with van der Waals surface area (Å²) in [7, 11) is 1.41. The second kappa shape index (κ2) is 13.5. The van der Waals surface area contributed by atoms with E-state index in [1.165, 1.54) is 19.2 Å². The van der Waals surface area contributed by atoms with Crippen LogP contribution in [0.4, 0.5) is 14.2 Å². The van der Waals surface area contributed by atoms with Gasteiger partial charge in [0.05, 0.1) is 20.3 Å². The van der Waals surface area contributed by atoms with E-state index in [4.69, 9.17) is 19.7 Å². The first kappa shape index (κ1) is 26.3. The van der Waals surface area contributed by atoms with E-state index >= 15 is 0 Å². The SMILES string of the molecule is COc1ccc(COc2nsc(NC(=O)NCCCN(CCO)CCO)c2C(=O)O)c(F)c1. The highest BCUT2D eigenvalue weighted by atomic mass is 32.1. The van der Waals surface area contributed by atoms with Gasteiger partial charge in [0.2, 0.25) is 5.88 Å². The van der Waals surface area contributed by atoms with E-state index in [0.717, 1.165) is 11.5 Å². The van der Waals surface area contributed by atoms with E-state index in [2.05, 4.69) is 15.0 Å². The number of aromatic nitrogens is 1. The van der Waals surface area contributed by atoms with Gasteiger partial charge in [-0.05, 0) is 36.6 Å². The summed E-state index contributed by atoms with van der Waals surface area (Å²) in [5, 5.41) is 32.5. The fourth-order valence-electron chi connectivity index (χ4n) is 2.84. The number of halogens is 1. The van der Waals surface area contributed by atoms with Gasteiger partial charge in [-0.3, -0.25) is 10.2 Å². The maximum Gasteiger partial charge on any atom is 0.344 e. The first-order valence-electron chi connectivity index (χ1n) is 10.1. The Morgan fingerprint density at radius 3 is 2.55 bits per heavy atom. The quantitative estimate of drug-likeness (QED) is 0.249. The van der Waals surface area contributed by atoms with Crippen LogP contribution in [0.1, 0.15) is 22.3 Å². The van der Waals surface area contributed by atoms with Crippen LogP contribution in [0, 0.1) is 5.82 Å². The summed E-state index contributed by atoms with van der Waals surface area (Å²) in [4.78, 5) is 25.7. The maximum absolute atomic E-state index is 14.1. The van der Waals surface area contributed by atoms with Gasteiger partial charge in [-0.25, -0.2) is 14.0 Å². The second-order valence-electron chi connectivity index (χ2n) is 6.77. The molecular formula is C20H27FN4O7S. The number of ether oxygens (including phenoxy) is 2. The van der Waals surface area contributed by atoms with E-state index in [0.29, 0.717) is 38.3 Å². The number of aliphatic hydroxyl groups is 2. The Morgan fingerprint density at radius 2 is 1.94 bits per heavy atom. The first-order valence-corrected chi connectivity index (χ1v) is 10.8. The molecule has 0 saturated heterocycles. The Bertz CT molecular complexity index is 922. The van der Waals surface area contributed by atoms with Crippen LogP contribution in [0.15, 0.2) is 18.2 Å². The average molecular weight is 487 g/mol. The third-order valence-electron chi connectivity index (χ3n) is 4.50. The van der Waals surface area contributed by atoms with Crippen molar-refractivity contribution in [2.24, 2.45) is 0 Å². The highest BCUT2D eigenvalue weighted by Gasteiger charge is 2.23. The van der Waals surface area contributed by atoms with Crippen LogP contribution in [0.2, 0.25) is 0 Å². The number of aromatic carboxylic acids is 1. The highest BCUT2D eigenvalue weighted by molar-refractivity contribution is 7.11. The number of hydrogen-bond donors (Lipinski definition) is 5. The number of carboxylic acid groups (broad SMARTS) is 1. The minimum atomic E-state index is -1.35. The van der Waals surface area contributed by atoms with E-state index < -0.39 is 17.8 Å². The molecule has 13 heteroatoms. The summed E-state index contributed by atoms with van der Waals surface area (Å²) in [5.74, 6) is -1.83. The summed E-state index contributed by atoms with van der Waals surface area (Å²) in [6.45, 7) is 1.35. The Labute approximate surface area is 193 Å². The topological polar surface area (TPSA) is 153 Å². The maximum atomic E-state index is 14.1. The number of carbonyl (C=O) groups is 2. The summed E-state index contributed by atoms with van der Waals surface area (Å²) in [6, 6.07) is 3.56. The molecule has 1 heterocycles. The predicted molar refractivity (Wildman–Crippen MR) is 119 cm³/mol. The highest BCUT2D eigenvalue weighted by Crippen LogP contribution is 2.31. The van der Waals surface area contributed by atoms with Gasteiger partial charge >= 0.3 is 12.0 Å². The number of carbonyl (C=O) groups excluding carboxylic acids is 1. The van der Waals surface area contributed by atoms with Crippen molar-refractivity contribution in [2.75, 3.05) is 51.8 Å². The van der Waals surface area contributed by atoms with Gasteiger partial charge in [0.25, 0.3) is 0 Å². The Kier molecular flexibility index (Phi) is 10.8. The number of methoxy groups -OCH3 is 1. The largest absolute Gasteiger partial charge is 0.497 e. The molecule has 11 nitrogen and oxygen atoms in total. The molecule has 0 aliphatic heterocycles. The Hall–Kier alpha value is -3.00. The molecule has 5 N–H and O–H groups in total. The molecule has 0 saturated carbocycles. The van der Waals surface area contributed by atoms with Crippen molar-refractivity contribution in [2.45, 2.75) is 13.0 Å². The number of aliphatic hydroxyl groups excluding tert-OH is 2. The monoisotopic (exact) mass is 486 g/mol. The Balaban J connectivity index is 1.91. The van der Waals surface area contributed by atoms with Gasteiger partial charge in [0, 0.05) is 31.3 Å². The minimum absolute atomic E-state index is 0.0209. The molecule has 2 rings (SSSR count). The average Bonchev–Trinajstić information content (AvgIpc) is 3.18. The molecule has 0 bridgehead atoms. The van der Waals surface area contributed by atoms with E-state index in [1.807, 2.05) is 4.90 Å². The van der Waals surface area contributed by atoms with E-state index in [9.17, 15) is 19.1 Å². The van der Waals surface area contributed by atoms with E-state index in [1.54, 1.807) is 6.07 Å². The van der Waals surface area contributed by atoms with Crippen molar-refractivity contribution >= 4 is 28.5 Å². The lowest BCUT2D eigenvalue weighted by molar-refractivity contribution is 0.0693. The van der Waals surface area contributed by atoms with Crippen molar-refractivity contribution in [1.29, 1.82) is 0 Å². The smallest absolute Gasteiger partial charge is 0.344 e. The van der Waals surface area contributed by atoms with Crippen molar-refractivity contribution in [3.63, 3.8) is 0 Å². The summed E-state index contributed by atoms with van der Waals surface area (Å²) >= 11 is 0.730. The molecule has 0 atom stereocenters. The number of carboxylic acids is 1. The van der Waals surface area contributed by atoms with Gasteiger partial charge in [-0.2, -0.15) is 4.37 Å². The molecule has 0 radical (unpaired) electrons. The molecule has 0 unspecified atom stereocenters. The van der Waals surface area contributed by atoms with Crippen LogP contribution >= 0.6 is 11.5 Å². The molecule has 2 amide bonds. The standard InChI is InChI=1S/C20H27FN4O7S/c1-31-14-4-3-13(15(21)11-14)12-32-17-16(19(28)29)18(33-24-17)23-20(30)22-5-2-6-25(7-9-26)8-10-27/h3-4,11,26-27H,2,5-10,12H2,1H3,(H,28,29)(H2,22,23,30). The number of rotatable bonds is 14. The van der Waals surface area contributed by atoms with Crippen LogP contribution in [0.5, 0.6) is 11.6 Å². The Morgan fingerprint density at radius 1 is 1.21 bits per heavy atom. The first-order chi connectivity index (χ1) is 15.9. The zero-order valence-electron chi connectivity index (χ0n) is 18.0. The third-order valence-corrected chi connectivity index (χ3v) is 5.24. The summed E-state index contributed by atoms with van der Waals surface area (Å²) in [5.41, 5.74) is -0.148. The lowest BCUT2D eigenvalue weighted by Gasteiger charge is -2.19. The normalized spacial score (nSPS) is 10.8. The number of amides is 2. The fourth-order valence-corrected chi connectivity index (χ4v) is 3.56. The van der Waals surface area contributed by atoms with Crippen LogP contribution in [0.3, 0.4) is 0 Å². The summed E-state index contributed by atoms with van der Waals surface area (Å²) < 4.78 is 28.3. The molecule has 0 aliphatic rings. The van der Waals surface area contributed by atoms with Crippen LogP contribution < -0.4 is 20.1 Å². The molecule has 1 aromatic carbocycles. The minimum Gasteiger partial charge on any atom is -0.497 e. The number of nitrogens with zero attached hydrogens (tertiary/aromatic N) is 2. The van der Waals surface area contributed by atoms with Gasteiger partial charge in [-0.15, -0.1) is 0 Å². The van der Waals surface area contributed by atoms with E-state index in [-0.39, 0.29) is 41.8 Å². The molecule has 1 aromatic heterocycles. The van der Waals surface area contributed by atoms with Crippen molar-refractivity contribution < 1.29 is 38.8 Å². The predicted octanol–water partition coefficient (Wildman–Crippen LogP) is 1.37. The number of hydrogen-bond acceptors (Lipinski definition) is 9. The summed E-state index contributed by atoms with van der Waals surface area (Å²) in [6.07, 6.45) is 0.559. The van der Waals surface area contributed by atoms with Gasteiger partial charge in [-0.1, -0.05) is 0 Å². The van der Waals surface area contributed by atoms with Crippen molar-refractivity contribution in [3.8, 4) is 11.6 Å². The molecule has 0 spiro atoms. The third kappa shape index (κ3) is 8.13. The molecule has 2 aromatic rings. The van der Waals surface area contributed by atoms with Crippen molar-refractivity contribution in [1.82, 2.24) is 14.6 Å². The zero-order valence-corrected chi connectivity index (χ0v) is 18.9. The number of nitrogens with one attached hydrogen (secondary N) is 2.